The third-order valence-corrected chi connectivity index (χ3v) is 5.91. The van der Waals surface area contributed by atoms with Gasteiger partial charge in [-0.15, -0.1) is 11.3 Å². The molecule has 8 nitrogen and oxygen atoms in total. The summed E-state index contributed by atoms with van der Waals surface area (Å²) in [6, 6.07) is 8.09. The van der Waals surface area contributed by atoms with Crippen molar-refractivity contribution in [2.45, 2.75) is 11.4 Å². The minimum Gasteiger partial charge on any atom is -0.477 e. The van der Waals surface area contributed by atoms with E-state index in [0.29, 0.717) is 10.6 Å². The molecule has 11 heteroatoms. The first-order valence-electron chi connectivity index (χ1n) is 6.76. The number of nitrogens with zero attached hydrogens (tertiary/aromatic N) is 2. The Morgan fingerprint density at radius 3 is 2.80 bits per heavy atom. The fourth-order valence-electron chi connectivity index (χ4n) is 1.98. The van der Waals surface area contributed by atoms with Crippen molar-refractivity contribution < 1.29 is 22.8 Å². The summed E-state index contributed by atoms with van der Waals surface area (Å²) in [5.74, 6) is -1.07. The molecule has 0 aliphatic heterocycles. The third-order valence-electron chi connectivity index (χ3n) is 3.11. The number of halogens is 1. The number of aromatic carboxylic acids is 1. The number of hydrogen-bond donors (Lipinski definition) is 2. The molecule has 0 spiro atoms. The van der Waals surface area contributed by atoms with Crippen LogP contribution >= 0.6 is 22.9 Å². The minimum absolute atomic E-state index is 0.0191. The Labute approximate surface area is 151 Å². The molecule has 3 rings (SSSR count). The monoisotopic (exact) mass is 399 g/mol. The zero-order chi connectivity index (χ0) is 18.0. The normalized spacial score (nSPS) is 11.6. The number of carboxylic acids is 1. The van der Waals surface area contributed by atoms with E-state index in [2.05, 4.69) is 14.9 Å². The number of hydrogen-bond acceptors (Lipinski definition) is 7. The number of sulfonamides is 1. The molecular weight excluding hydrogens is 390 g/mol. The second-order valence-corrected chi connectivity index (χ2v) is 7.79. The van der Waals surface area contributed by atoms with Crippen LogP contribution < -0.4 is 4.72 Å². The Morgan fingerprint density at radius 2 is 2.08 bits per heavy atom. The number of carboxylic acid groups (broad SMARTS) is 1. The van der Waals surface area contributed by atoms with Gasteiger partial charge >= 0.3 is 5.97 Å². The molecular formula is C14H10ClN3O5S2. The summed E-state index contributed by atoms with van der Waals surface area (Å²) < 4.78 is 31.7. The lowest BCUT2D eigenvalue weighted by Crippen LogP contribution is -2.24. The Hall–Kier alpha value is -2.27. The van der Waals surface area contributed by atoms with Crippen molar-refractivity contribution in [2.24, 2.45) is 0 Å². The van der Waals surface area contributed by atoms with Crippen LogP contribution in [0.25, 0.3) is 11.4 Å². The van der Waals surface area contributed by atoms with Crippen molar-refractivity contribution in [3.63, 3.8) is 0 Å². The van der Waals surface area contributed by atoms with Crippen molar-refractivity contribution in [3.8, 4) is 11.4 Å². The first-order chi connectivity index (χ1) is 11.9. The van der Waals surface area contributed by atoms with Gasteiger partial charge in [0.05, 0.1) is 11.6 Å². The van der Waals surface area contributed by atoms with Gasteiger partial charge in [0.15, 0.2) is 0 Å². The maximum Gasteiger partial charge on any atom is 0.347 e. The first kappa shape index (κ1) is 17.5. The summed E-state index contributed by atoms with van der Waals surface area (Å²) in [7, 11) is -4.03. The highest BCUT2D eigenvalue weighted by atomic mass is 35.5. The number of nitrogens with one attached hydrogen (secondary N) is 1. The summed E-state index contributed by atoms with van der Waals surface area (Å²) in [5, 5.41) is 14.6. The van der Waals surface area contributed by atoms with Gasteiger partial charge in [-0.05, 0) is 23.6 Å². The van der Waals surface area contributed by atoms with E-state index < -0.39 is 16.0 Å². The van der Waals surface area contributed by atoms with Crippen LogP contribution in [0, 0.1) is 0 Å². The van der Waals surface area contributed by atoms with Crippen LogP contribution in [-0.4, -0.2) is 29.6 Å². The fraction of sp³-hybridized carbons (Fsp3) is 0.0714. The van der Waals surface area contributed by atoms with E-state index in [9.17, 15) is 13.2 Å². The number of carbonyl (C=O) groups is 1. The largest absolute Gasteiger partial charge is 0.477 e. The van der Waals surface area contributed by atoms with E-state index in [1.807, 2.05) is 0 Å². The molecule has 0 amide bonds. The molecule has 3 aromatic rings. The highest BCUT2D eigenvalue weighted by molar-refractivity contribution is 7.89. The summed E-state index contributed by atoms with van der Waals surface area (Å²) in [4.78, 5) is 14.6. The van der Waals surface area contributed by atoms with Gasteiger partial charge in [-0.25, -0.2) is 17.9 Å². The van der Waals surface area contributed by atoms with Crippen LogP contribution in [0.2, 0.25) is 5.02 Å². The molecule has 130 valence electrons. The van der Waals surface area contributed by atoms with Gasteiger partial charge in [0.1, 0.15) is 9.77 Å². The van der Waals surface area contributed by atoms with Gasteiger partial charge < -0.3 is 9.63 Å². The van der Waals surface area contributed by atoms with E-state index >= 15 is 0 Å². The number of rotatable bonds is 6. The predicted molar refractivity (Wildman–Crippen MR) is 90.0 cm³/mol. The van der Waals surface area contributed by atoms with Crippen LogP contribution in [0.5, 0.6) is 0 Å². The second-order valence-electron chi connectivity index (χ2n) is 4.74. The second kappa shape index (κ2) is 6.92. The van der Waals surface area contributed by atoms with Crippen LogP contribution in [-0.2, 0) is 16.6 Å². The maximum atomic E-state index is 12.2. The van der Waals surface area contributed by atoms with Crippen molar-refractivity contribution in [3.05, 3.63) is 51.5 Å². The summed E-state index contributed by atoms with van der Waals surface area (Å²) in [5.41, 5.74) is 0.549. The van der Waals surface area contributed by atoms with Crippen molar-refractivity contribution in [2.75, 3.05) is 0 Å². The van der Waals surface area contributed by atoms with E-state index in [1.165, 1.54) is 11.4 Å². The molecule has 0 aliphatic carbocycles. The molecule has 1 aromatic carbocycles. The van der Waals surface area contributed by atoms with E-state index in [0.717, 1.165) is 11.3 Å². The molecule has 2 N–H and O–H groups in total. The molecule has 0 saturated carbocycles. The SMILES string of the molecule is O=C(O)c1sccc1S(=O)(=O)NCc1nc(-c2ccccc2Cl)no1. The zero-order valence-corrected chi connectivity index (χ0v) is 14.7. The highest BCUT2D eigenvalue weighted by Gasteiger charge is 2.24. The van der Waals surface area contributed by atoms with Gasteiger partial charge in [-0.3, -0.25) is 0 Å². The van der Waals surface area contributed by atoms with Crippen LogP contribution in [0.1, 0.15) is 15.6 Å². The van der Waals surface area contributed by atoms with E-state index in [4.69, 9.17) is 21.2 Å². The molecule has 0 atom stereocenters. The first-order valence-corrected chi connectivity index (χ1v) is 9.50. The number of aromatic nitrogens is 2. The van der Waals surface area contributed by atoms with Gasteiger partial charge in [-0.2, -0.15) is 4.98 Å². The lowest BCUT2D eigenvalue weighted by atomic mass is 10.2. The average Bonchev–Trinajstić information content (AvgIpc) is 3.23. The zero-order valence-electron chi connectivity index (χ0n) is 12.3. The number of thiophene rings is 1. The Balaban J connectivity index is 1.77. The highest BCUT2D eigenvalue weighted by Crippen LogP contribution is 2.25. The van der Waals surface area contributed by atoms with Crippen molar-refractivity contribution in [1.29, 1.82) is 0 Å². The van der Waals surface area contributed by atoms with Crippen LogP contribution in [0.4, 0.5) is 0 Å². The summed E-state index contributed by atoms with van der Waals surface area (Å²) in [6.07, 6.45) is 0. The van der Waals surface area contributed by atoms with Gasteiger partial charge in [0.25, 0.3) is 0 Å². The van der Waals surface area contributed by atoms with Crippen LogP contribution in [0.15, 0.2) is 45.1 Å². The lowest BCUT2D eigenvalue weighted by Gasteiger charge is -2.03. The minimum atomic E-state index is -4.03. The van der Waals surface area contributed by atoms with Crippen molar-refractivity contribution >= 4 is 38.9 Å². The fourth-order valence-corrected chi connectivity index (χ4v) is 4.43. The van der Waals surface area contributed by atoms with Crippen LogP contribution in [0.3, 0.4) is 0 Å². The smallest absolute Gasteiger partial charge is 0.347 e. The van der Waals surface area contributed by atoms with E-state index in [-0.39, 0.29) is 28.0 Å². The van der Waals surface area contributed by atoms with Gasteiger partial charge in [0, 0.05) is 5.56 Å². The quantitative estimate of drug-likeness (QED) is 0.653. The van der Waals surface area contributed by atoms with Gasteiger partial charge in [-0.1, -0.05) is 28.9 Å². The molecule has 25 heavy (non-hydrogen) atoms. The summed E-state index contributed by atoms with van der Waals surface area (Å²) >= 11 is 6.87. The molecule has 0 radical (unpaired) electrons. The molecule has 0 saturated heterocycles. The average molecular weight is 400 g/mol. The number of benzene rings is 1. The Kier molecular flexibility index (Phi) is 4.86. The molecule has 0 aliphatic rings. The molecule has 0 unspecified atom stereocenters. The standard InChI is InChI=1S/C14H10ClN3O5S2/c15-9-4-2-1-3-8(9)13-17-11(23-18-13)7-16-25(21,22)10-5-6-24-12(10)14(19)20/h1-6,16H,7H2,(H,19,20). The van der Waals surface area contributed by atoms with E-state index in [1.54, 1.807) is 24.3 Å². The maximum absolute atomic E-state index is 12.2. The molecule has 0 fully saturated rings. The molecule has 0 bridgehead atoms. The molecule has 2 aromatic heterocycles. The third kappa shape index (κ3) is 3.71. The predicted octanol–water partition coefficient (Wildman–Crippen LogP) is 2.63. The summed E-state index contributed by atoms with van der Waals surface area (Å²) in [6.45, 7) is -0.283. The Bertz CT molecular complexity index is 1030. The Morgan fingerprint density at radius 1 is 1.32 bits per heavy atom. The lowest BCUT2D eigenvalue weighted by molar-refractivity contribution is 0.0698. The van der Waals surface area contributed by atoms with Gasteiger partial charge in [0.2, 0.25) is 21.7 Å². The topological polar surface area (TPSA) is 122 Å². The molecule has 2 heterocycles. The van der Waals surface area contributed by atoms with Crippen molar-refractivity contribution in [1.82, 2.24) is 14.9 Å².